The van der Waals surface area contributed by atoms with Gasteiger partial charge in [-0.15, -0.1) is 11.3 Å². The van der Waals surface area contributed by atoms with Crippen LogP contribution < -0.4 is 5.32 Å². The van der Waals surface area contributed by atoms with E-state index in [4.69, 9.17) is 4.42 Å². The summed E-state index contributed by atoms with van der Waals surface area (Å²) in [6.45, 7) is 2.44. The van der Waals surface area contributed by atoms with E-state index in [0.717, 1.165) is 12.2 Å². The van der Waals surface area contributed by atoms with Crippen molar-refractivity contribution in [2.24, 2.45) is 0 Å². The Balaban J connectivity index is 1.93. The standard InChI is InChI=1S/C11H13N3O3S/c1-3-7-4-12-9(17-7)5-13-11-14-8(6-18-11)10(15)16-2/h4,6H,3,5H2,1-2H3,(H,13,14). The minimum absolute atomic E-state index is 0.298. The van der Waals surface area contributed by atoms with Crippen molar-refractivity contribution in [1.82, 2.24) is 9.97 Å². The van der Waals surface area contributed by atoms with E-state index in [2.05, 4.69) is 20.0 Å². The molecule has 0 atom stereocenters. The van der Waals surface area contributed by atoms with E-state index in [1.54, 1.807) is 11.6 Å². The molecule has 0 aliphatic carbocycles. The predicted molar refractivity (Wildman–Crippen MR) is 66.7 cm³/mol. The van der Waals surface area contributed by atoms with Gasteiger partial charge in [0.2, 0.25) is 5.89 Å². The first-order valence-corrected chi connectivity index (χ1v) is 6.32. The molecule has 2 aromatic rings. The van der Waals surface area contributed by atoms with Gasteiger partial charge in [-0.25, -0.2) is 14.8 Å². The van der Waals surface area contributed by atoms with Crippen LogP contribution in [0.4, 0.5) is 5.13 Å². The number of ether oxygens (including phenoxy) is 1. The molecule has 0 saturated heterocycles. The predicted octanol–water partition coefficient (Wildman–Crippen LogP) is 2.09. The first kappa shape index (κ1) is 12.6. The maximum atomic E-state index is 11.2. The van der Waals surface area contributed by atoms with Crippen LogP contribution in [0.2, 0.25) is 0 Å². The van der Waals surface area contributed by atoms with Crippen LogP contribution in [0.5, 0.6) is 0 Å². The van der Waals surface area contributed by atoms with Crippen molar-refractivity contribution in [3.05, 3.63) is 28.9 Å². The van der Waals surface area contributed by atoms with Crippen LogP contribution in [-0.2, 0) is 17.7 Å². The molecule has 6 nitrogen and oxygen atoms in total. The first-order valence-electron chi connectivity index (χ1n) is 5.44. The van der Waals surface area contributed by atoms with Crippen LogP contribution in [-0.4, -0.2) is 23.0 Å². The van der Waals surface area contributed by atoms with Crippen LogP contribution in [0.3, 0.4) is 0 Å². The Hall–Kier alpha value is -1.89. The molecular formula is C11H13N3O3S. The lowest BCUT2D eigenvalue weighted by Crippen LogP contribution is -2.03. The molecule has 2 rings (SSSR count). The number of nitrogens with one attached hydrogen (secondary N) is 1. The number of esters is 1. The number of oxazole rings is 1. The lowest BCUT2D eigenvalue weighted by atomic mass is 10.4. The summed E-state index contributed by atoms with van der Waals surface area (Å²) in [7, 11) is 1.33. The lowest BCUT2D eigenvalue weighted by Gasteiger charge is -1.97. The van der Waals surface area contributed by atoms with Crippen LogP contribution in [0, 0.1) is 0 Å². The van der Waals surface area contributed by atoms with Gasteiger partial charge in [-0.1, -0.05) is 6.92 Å². The number of methoxy groups -OCH3 is 1. The number of anilines is 1. The fourth-order valence-corrected chi connectivity index (χ4v) is 1.98. The number of hydrogen-bond donors (Lipinski definition) is 1. The molecule has 1 N–H and O–H groups in total. The summed E-state index contributed by atoms with van der Waals surface area (Å²) in [6, 6.07) is 0. The fourth-order valence-electron chi connectivity index (χ4n) is 1.30. The average Bonchev–Trinajstić information content (AvgIpc) is 3.04. The van der Waals surface area contributed by atoms with E-state index in [1.807, 2.05) is 6.92 Å². The van der Waals surface area contributed by atoms with Gasteiger partial charge in [-0.05, 0) is 0 Å². The summed E-state index contributed by atoms with van der Waals surface area (Å²) in [5.74, 6) is 1.01. The topological polar surface area (TPSA) is 77.2 Å². The Bertz CT molecular complexity index is 535. The van der Waals surface area contributed by atoms with Gasteiger partial charge >= 0.3 is 5.97 Å². The zero-order chi connectivity index (χ0) is 13.0. The number of carbonyl (C=O) groups is 1. The highest BCUT2D eigenvalue weighted by atomic mass is 32.1. The van der Waals surface area contributed by atoms with Crippen LogP contribution >= 0.6 is 11.3 Å². The zero-order valence-electron chi connectivity index (χ0n) is 10.1. The van der Waals surface area contributed by atoms with E-state index in [-0.39, 0.29) is 0 Å². The van der Waals surface area contributed by atoms with Crippen molar-refractivity contribution in [3.63, 3.8) is 0 Å². The molecule has 0 radical (unpaired) electrons. The van der Waals surface area contributed by atoms with Gasteiger partial charge in [0, 0.05) is 11.8 Å². The molecule has 0 amide bonds. The number of aromatic nitrogens is 2. The zero-order valence-corrected chi connectivity index (χ0v) is 10.9. The molecule has 0 spiro atoms. The van der Waals surface area contributed by atoms with E-state index >= 15 is 0 Å². The Morgan fingerprint density at radius 2 is 2.44 bits per heavy atom. The molecule has 0 bridgehead atoms. The van der Waals surface area contributed by atoms with Crippen molar-refractivity contribution < 1.29 is 13.9 Å². The third kappa shape index (κ3) is 2.86. The number of carbonyl (C=O) groups excluding carboxylic acids is 1. The highest BCUT2D eigenvalue weighted by molar-refractivity contribution is 7.13. The Morgan fingerprint density at radius 1 is 1.61 bits per heavy atom. The Kier molecular flexibility index (Phi) is 3.93. The summed E-state index contributed by atoms with van der Waals surface area (Å²) >= 11 is 1.33. The molecule has 7 heteroatoms. The highest BCUT2D eigenvalue weighted by Gasteiger charge is 2.11. The largest absolute Gasteiger partial charge is 0.464 e. The molecule has 2 aromatic heterocycles. The summed E-state index contributed by atoms with van der Waals surface area (Å²) in [5.41, 5.74) is 0.298. The van der Waals surface area contributed by atoms with Gasteiger partial charge in [0.1, 0.15) is 5.76 Å². The summed E-state index contributed by atoms with van der Waals surface area (Å²) in [5, 5.41) is 5.31. The second kappa shape index (κ2) is 5.63. The van der Waals surface area contributed by atoms with Crippen LogP contribution in [0.1, 0.15) is 29.1 Å². The summed E-state index contributed by atoms with van der Waals surface area (Å²) in [6.07, 6.45) is 2.52. The normalized spacial score (nSPS) is 10.3. The lowest BCUT2D eigenvalue weighted by molar-refractivity contribution is 0.0595. The maximum Gasteiger partial charge on any atom is 0.357 e. The minimum Gasteiger partial charge on any atom is -0.464 e. The molecule has 96 valence electrons. The van der Waals surface area contributed by atoms with Gasteiger partial charge in [0.25, 0.3) is 0 Å². The number of nitrogens with zero attached hydrogens (tertiary/aromatic N) is 2. The molecule has 0 unspecified atom stereocenters. The number of rotatable bonds is 5. The van der Waals surface area contributed by atoms with Crippen molar-refractivity contribution in [1.29, 1.82) is 0 Å². The molecule has 0 fully saturated rings. The number of thiazole rings is 1. The van der Waals surface area contributed by atoms with Crippen molar-refractivity contribution in [3.8, 4) is 0 Å². The molecule has 0 aliphatic rings. The molecule has 0 aliphatic heterocycles. The van der Waals surface area contributed by atoms with E-state index in [9.17, 15) is 4.79 Å². The van der Waals surface area contributed by atoms with Crippen molar-refractivity contribution >= 4 is 22.4 Å². The van der Waals surface area contributed by atoms with E-state index < -0.39 is 5.97 Å². The maximum absolute atomic E-state index is 11.2. The molecule has 18 heavy (non-hydrogen) atoms. The fraction of sp³-hybridized carbons (Fsp3) is 0.364. The summed E-state index contributed by atoms with van der Waals surface area (Å²) < 4.78 is 10.0. The number of hydrogen-bond acceptors (Lipinski definition) is 7. The third-order valence-corrected chi connectivity index (χ3v) is 3.04. The van der Waals surface area contributed by atoms with Gasteiger partial charge < -0.3 is 14.5 Å². The van der Waals surface area contributed by atoms with Crippen molar-refractivity contribution in [2.75, 3.05) is 12.4 Å². The average molecular weight is 267 g/mol. The van der Waals surface area contributed by atoms with E-state index in [0.29, 0.717) is 23.3 Å². The van der Waals surface area contributed by atoms with Gasteiger partial charge in [-0.2, -0.15) is 0 Å². The Morgan fingerprint density at radius 3 is 3.11 bits per heavy atom. The second-order valence-electron chi connectivity index (χ2n) is 3.46. The summed E-state index contributed by atoms with van der Waals surface area (Å²) in [4.78, 5) is 19.4. The molecule has 0 aromatic carbocycles. The first-order chi connectivity index (χ1) is 8.72. The molecule has 0 saturated carbocycles. The van der Waals surface area contributed by atoms with Crippen LogP contribution in [0.25, 0.3) is 0 Å². The van der Waals surface area contributed by atoms with Crippen molar-refractivity contribution in [2.45, 2.75) is 19.9 Å². The van der Waals surface area contributed by atoms with Gasteiger partial charge in [-0.3, -0.25) is 0 Å². The smallest absolute Gasteiger partial charge is 0.357 e. The molecular weight excluding hydrogens is 254 g/mol. The monoisotopic (exact) mass is 267 g/mol. The third-order valence-electron chi connectivity index (χ3n) is 2.24. The number of aryl methyl sites for hydroxylation is 1. The second-order valence-corrected chi connectivity index (χ2v) is 4.32. The van der Waals surface area contributed by atoms with Crippen LogP contribution in [0.15, 0.2) is 16.0 Å². The Labute approximate surface area is 108 Å². The minimum atomic E-state index is -0.441. The van der Waals surface area contributed by atoms with Gasteiger partial charge in [0.05, 0.1) is 19.9 Å². The quantitative estimate of drug-likeness (QED) is 0.836. The van der Waals surface area contributed by atoms with E-state index in [1.165, 1.54) is 18.4 Å². The van der Waals surface area contributed by atoms with Gasteiger partial charge in [0.15, 0.2) is 10.8 Å². The highest BCUT2D eigenvalue weighted by Crippen LogP contribution is 2.17. The SMILES string of the molecule is CCc1cnc(CNc2nc(C(=O)OC)cs2)o1. The molecule has 2 heterocycles.